The first-order valence-corrected chi connectivity index (χ1v) is 44.6. The van der Waals surface area contributed by atoms with E-state index in [0.717, 1.165) is 31.5 Å². The minimum Gasteiger partial charge on any atom is -0.391 e. The minimum absolute atomic E-state index is 0.0184. The standard InChI is InChI=1S/C90H149N15O16S/c1-29-64-84(116)98(22)48-71(108)99(23)65(42-37-50(2)3)79(111)97-72(54(10)11)87(119)100(24)66(43-51(4)5)80(112)93-59(17)78(110)94-60(18)83(115)101(25)68(44-52(6)7)85(117)102(26)69(45-53(8)9)86(118)103(27)73(55(12)13)88(120)104(28)74(82(114)95-64)75(109)56(14)35-33-31-30-32-34-36-70(107)96-77(90(19,20)21)89(121)105-47-63(106)46-67(105)81(113)92-57(15)61-38-40-62(41-39-61)76-58(16)91-49-122-76/h31,33,38-41,49-57,59-60,63-69,72-75,77,106,109H,29-30,32,34-37,42-48H2,1-28H3,(H,92,113)(H,93,112)(H,94,110)(H,95,114)(H,96,107)(H,97,111)/b33-31+/t56-,57+,59+,60-,63-,64+,65+,66+,67+,68+,69+,72+,73+,74+,75-,77-/m1/s1. The summed E-state index contributed by atoms with van der Waals surface area (Å²) in [5, 5.41) is 40.6. The number of hydrogen-bond donors (Lipinski definition) is 8. The van der Waals surface area contributed by atoms with Gasteiger partial charge in [0.2, 0.25) is 82.7 Å². The van der Waals surface area contributed by atoms with Crippen LogP contribution in [0.25, 0.3) is 10.4 Å². The van der Waals surface area contributed by atoms with Crippen LogP contribution < -0.4 is 31.9 Å². The maximum absolute atomic E-state index is 15.6. The second-order valence-electron chi connectivity index (χ2n) is 37.5. The summed E-state index contributed by atoms with van der Waals surface area (Å²) in [5.41, 5.74) is 3.76. The number of aliphatic hydroxyl groups is 2. The van der Waals surface area contributed by atoms with Crippen molar-refractivity contribution < 1.29 is 77.3 Å². The van der Waals surface area contributed by atoms with E-state index in [1.807, 2.05) is 120 Å². The highest BCUT2D eigenvalue weighted by atomic mass is 32.1. The van der Waals surface area contributed by atoms with Gasteiger partial charge in [-0.2, -0.15) is 0 Å². The maximum atomic E-state index is 15.6. The van der Waals surface area contributed by atoms with Crippen LogP contribution in [0.1, 0.15) is 233 Å². The Morgan fingerprint density at radius 3 is 1.65 bits per heavy atom. The zero-order chi connectivity index (χ0) is 92.7. The number of allylic oxidation sites excluding steroid dienone is 2. The number of carbonyl (C=O) groups excluding carboxylic acids is 14. The second-order valence-corrected chi connectivity index (χ2v) is 38.3. The smallest absolute Gasteiger partial charge is 0.246 e. The Hall–Kier alpha value is -8.91. The van der Waals surface area contributed by atoms with Crippen molar-refractivity contribution in [3.8, 4) is 10.4 Å². The van der Waals surface area contributed by atoms with E-state index < -0.39 is 203 Å². The minimum atomic E-state index is -1.75. The van der Waals surface area contributed by atoms with Crippen LogP contribution in [0.15, 0.2) is 41.9 Å². The number of unbranched alkanes of at least 4 members (excludes halogenated alkanes) is 2. The molecule has 2 saturated heterocycles. The molecule has 2 fully saturated rings. The van der Waals surface area contributed by atoms with E-state index in [9.17, 15) is 58.2 Å². The van der Waals surface area contributed by atoms with Crippen molar-refractivity contribution >= 4 is 94.0 Å². The van der Waals surface area contributed by atoms with Gasteiger partial charge in [-0.3, -0.25) is 67.1 Å². The highest BCUT2D eigenvalue weighted by Gasteiger charge is 2.48. The largest absolute Gasteiger partial charge is 0.391 e. The molecule has 2 aliphatic rings. The maximum Gasteiger partial charge on any atom is 0.246 e. The molecule has 0 unspecified atom stereocenters. The normalized spacial score (nSPS) is 24.8. The van der Waals surface area contributed by atoms with Crippen LogP contribution in [0.4, 0.5) is 0 Å². The van der Waals surface area contributed by atoms with E-state index in [2.05, 4.69) is 36.9 Å². The van der Waals surface area contributed by atoms with Gasteiger partial charge in [0.25, 0.3) is 0 Å². The Kier molecular flexibility index (Phi) is 41.3. The fourth-order valence-electron chi connectivity index (χ4n) is 15.7. The number of benzene rings is 1. The average Bonchev–Trinajstić information content (AvgIpc) is 1.40. The van der Waals surface area contributed by atoms with Crippen molar-refractivity contribution in [2.45, 2.75) is 313 Å². The second kappa shape index (κ2) is 47.8. The van der Waals surface area contributed by atoms with E-state index in [1.54, 1.807) is 53.1 Å². The van der Waals surface area contributed by atoms with Crippen LogP contribution in [-0.4, -0.2) is 284 Å². The first-order chi connectivity index (χ1) is 56.7. The first-order valence-electron chi connectivity index (χ1n) is 43.7. The predicted molar refractivity (Wildman–Crippen MR) is 472 cm³/mol. The number of rotatable bonds is 27. The fraction of sp³-hybridized carbons (Fsp3) is 0.722. The zero-order valence-electron chi connectivity index (χ0n) is 78.2. The molecule has 2 aromatic rings. The Labute approximate surface area is 729 Å². The van der Waals surface area contributed by atoms with Gasteiger partial charge in [0.15, 0.2) is 0 Å². The Balaban J connectivity index is 1.72. The number of likely N-dealkylation sites (N-methyl/N-ethyl adjacent to an activating group) is 7. The van der Waals surface area contributed by atoms with Crippen molar-refractivity contribution in [1.29, 1.82) is 0 Å². The number of aryl methyl sites for hydroxylation is 1. The SMILES string of the molecule is CC[C@@H]1NC(=O)[C@H]([C@H](O)[C@H](C)C/C=C/CCCCC(=O)N[C@H](C(=O)N2C[C@H](O)C[C@H]2C(=O)N[C@@H](C)c2ccc(-c3scnc3C)cc2)C(C)(C)C)N(C)C(=O)[C@H](C(C)C)N(C)C(=O)[C@H](CC(C)C)N(C)C(=O)[C@H](CC(C)C)N(C)C(=O)[C@@H](C)NC(=O)[C@H](C)NC(=O)[C@H](CC(C)C)N(C)C(=O)[C@H](C(C)C)NC(=O)[C@H](CCC(C)C)N(C)C(=O)CN(C)C1=O. The lowest BCUT2D eigenvalue weighted by molar-refractivity contribution is -0.157. The number of hydrogen-bond acceptors (Lipinski definition) is 18. The lowest BCUT2D eigenvalue weighted by Crippen LogP contribution is -2.63. The monoisotopic (exact) mass is 1730 g/mol. The number of thiazole rings is 1. The van der Waals surface area contributed by atoms with E-state index >= 15 is 19.2 Å². The molecule has 14 amide bonds. The molecule has 32 heteroatoms. The van der Waals surface area contributed by atoms with Gasteiger partial charge >= 0.3 is 0 Å². The molecule has 3 heterocycles. The Bertz CT molecular complexity index is 3920. The molecule has 16 atom stereocenters. The van der Waals surface area contributed by atoms with Gasteiger partial charge in [0.1, 0.15) is 72.5 Å². The molecule has 1 aromatic carbocycles. The summed E-state index contributed by atoms with van der Waals surface area (Å²) in [6, 6.07) is -7.65. The summed E-state index contributed by atoms with van der Waals surface area (Å²) in [6.45, 7) is 36.6. The molecule has 8 N–H and O–H groups in total. The molecule has 31 nitrogen and oxygen atoms in total. The highest BCUT2D eigenvalue weighted by molar-refractivity contribution is 7.13. The lowest BCUT2D eigenvalue weighted by atomic mass is 9.85. The molecule has 122 heavy (non-hydrogen) atoms. The van der Waals surface area contributed by atoms with E-state index in [4.69, 9.17) is 0 Å². The summed E-state index contributed by atoms with van der Waals surface area (Å²) >= 11 is 1.54. The van der Waals surface area contributed by atoms with Crippen LogP contribution in [0, 0.1) is 53.8 Å². The molecule has 686 valence electrons. The summed E-state index contributed by atoms with van der Waals surface area (Å²) in [5.74, 6) is -11.7. The van der Waals surface area contributed by atoms with Crippen LogP contribution in [0.3, 0.4) is 0 Å². The third-order valence-corrected chi connectivity index (χ3v) is 24.4. The van der Waals surface area contributed by atoms with Gasteiger partial charge in [-0.1, -0.05) is 154 Å². The lowest BCUT2D eigenvalue weighted by Gasteiger charge is -2.41. The van der Waals surface area contributed by atoms with Crippen LogP contribution in [-0.2, 0) is 67.1 Å². The topological polar surface area (TPSA) is 390 Å². The fourth-order valence-corrected chi connectivity index (χ4v) is 16.5. The molecule has 0 radical (unpaired) electrons. The third-order valence-electron chi connectivity index (χ3n) is 23.4. The average molecular weight is 1730 g/mol. The van der Waals surface area contributed by atoms with Crippen molar-refractivity contribution in [2.75, 3.05) is 62.4 Å². The van der Waals surface area contributed by atoms with E-state index in [-0.39, 0.29) is 81.6 Å². The van der Waals surface area contributed by atoms with Crippen LogP contribution >= 0.6 is 11.3 Å². The number of nitrogens with one attached hydrogen (secondary N) is 6. The van der Waals surface area contributed by atoms with E-state index in [1.165, 1.54) is 104 Å². The molecule has 0 spiro atoms. The number of amides is 14. The summed E-state index contributed by atoms with van der Waals surface area (Å²) in [6.07, 6.45) is 3.52. The van der Waals surface area contributed by atoms with Gasteiger partial charge in [-0.05, 0) is 150 Å². The van der Waals surface area contributed by atoms with Gasteiger partial charge in [0, 0.05) is 68.7 Å². The molecule has 0 bridgehead atoms. The highest BCUT2D eigenvalue weighted by Crippen LogP contribution is 2.32. The predicted octanol–water partition coefficient (Wildman–Crippen LogP) is 7.00. The van der Waals surface area contributed by atoms with Gasteiger partial charge in [-0.25, -0.2) is 4.98 Å². The number of aliphatic hydroxyl groups excluding tert-OH is 2. The Morgan fingerprint density at radius 1 is 0.590 bits per heavy atom. The molecule has 0 aliphatic carbocycles. The number of likely N-dealkylation sites (tertiary alicyclic amines) is 1. The van der Waals surface area contributed by atoms with Crippen molar-refractivity contribution in [2.24, 2.45) is 46.8 Å². The third kappa shape index (κ3) is 29.4. The molecule has 0 saturated carbocycles. The summed E-state index contributed by atoms with van der Waals surface area (Å²) in [7, 11) is 9.80. The van der Waals surface area contributed by atoms with Crippen LogP contribution in [0.5, 0.6) is 0 Å². The molecular weight excluding hydrogens is 1580 g/mol. The van der Waals surface area contributed by atoms with Crippen molar-refractivity contribution in [3.63, 3.8) is 0 Å². The number of aromatic nitrogens is 1. The van der Waals surface area contributed by atoms with Crippen molar-refractivity contribution in [3.05, 3.63) is 53.2 Å². The van der Waals surface area contributed by atoms with Gasteiger partial charge in [0.05, 0.1) is 40.9 Å². The quantitative estimate of drug-likeness (QED) is 0.0329. The molecule has 1 aromatic heterocycles. The summed E-state index contributed by atoms with van der Waals surface area (Å²) in [4.78, 5) is 221. The van der Waals surface area contributed by atoms with Crippen molar-refractivity contribution in [1.82, 2.24) is 76.1 Å². The number of carbonyl (C=O) groups is 14. The number of nitrogens with zero attached hydrogens (tertiary/aromatic N) is 9. The molecule has 4 rings (SSSR count). The Morgan fingerprint density at radius 2 is 1.12 bits per heavy atom. The van der Waals surface area contributed by atoms with Gasteiger partial charge in [-0.15, -0.1) is 11.3 Å². The summed E-state index contributed by atoms with van der Waals surface area (Å²) < 4.78 is 0. The molecule has 2 aliphatic heterocycles. The molecular formula is C90H149N15O16S. The van der Waals surface area contributed by atoms with Crippen LogP contribution in [0.2, 0.25) is 0 Å². The van der Waals surface area contributed by atoms with Gasteiger partial charge < -0.3 is 81.3 Å². The van der Waals surface area contributed by atoms with E-state index in [0.29, 0.717) is 25.7 Å². The zero-order valence-corrected chi connectivity index (χ0v) is 79.0. The number of β-amino-alcohol motifs (C(OH)–C–C–N with tert-alkyl or cyclic N) is 1. The first kappa shape index (κ1) is 105.